The fraction of sp³-hybridized carbons (Fsp3) is 0.172. The summed E-state index contributed by atoms with van der Waals surface area (Å²) in [5, 5.41) is 8.30. The molecule has 0 amide bonds. The van der Waals surface area contributed by atoms with Crippen LogP contribution in [0.4, 0.5) is 5.82 Å². The van der Waals surface area contributed by atoms with Crippen LogP contribution in [0.2, 0.25) is 0 Å². The largest absolute Gasteiger partial charge is 0.457 e. The minimum absolute atomic E-state index is 0.208. The highest BCUT2D eigenvalue weighted by atomic mass is 16.5. The molecule has 0 aliphatic heterocycles. The third-order valence-corrected chi connectivity index (χ3v) is 5.70. The summed E-state index contributed by atoms with van der Waals surface area (Å²) >= 11 is 0. The number of fused-ring (bicyclic) bond motifs is 1. The fourth-order valence-electron chi connectivity index (χ4n) is 4.26. The lowest BCUT2D eigenvalue weighted by Crippen LogP contribution is -2.09. The summed E-state index contributed by atoms with van der Waals surface area (Å²) in [4.78, 5) is 4.84. The standard InChI is InChI=1S/C29H28N4O/c1-29(2,3)17-19-8-7-9-21(16-19)26-27-25(28(30)33-32-27)24(18-31-26)20-12-14-23(15-13-20)34-22-10-5-4-6-11-22/h4-16,18H,17H2,1-3H3,(H3,30,32,33). The number of nitrogen functional groups attached to an aromatic ring is 1. The summed E-state index contributed by atoms with van der Waals surface area (Å²) in [7, 11) is 0. The lowest BCUT2D eigenvalue weighted by Gasteiger charge is -2.18. The molecular weight excluding hydrogens is 420 g/mol. The van der Waals surface area contributed by atoms with Gasteiger partial charge in [-0.15, -0.1) is 0 Å². The van der Waals surface area contributed by atoms with Gasteiger partial charge in [0.05, 0.1) is 16.6 Å². The fourth-order valence-corrected chi connectivity index (χ4v) is 4.26. The molecule has 5 heteroatoms. The zero-order valence-electron chi connectivity index (χ0n) is 19.7. The van der Waals surface area contributed by atoms with Gasteiger partial charge in [-0.1, -0.05) is 69.3 Å². The molecule has 0 saturated heterocycles. The number of H-pyrrole nitrogens is 1. The second-order valence-corrected chi connectivity index (χ2v) is 9.76. The van der Waals surface area contributed by atoms with E-state index in [1.165, 1.54) is 5.56 Å². The van der Waals surface area contributed by atoms with Gasteiger partial charge < -0.3 is 10.5 Å². The molecule has 2 aromatic heterocycles. The smallest absolute Gasteiger partial charge is 0.153 e. The normalized spacial score (nSPS) is 11.6. The lowest BCUT2D eigenvalue weighted by atomic mass is 9.87. The van der Waals surface area contributed by atoms with Crippen LogP contribution in [0.1, 0.15) is 26.3 Å². The Morgan fingerprint density at radius 1 is 0.853 bits per heavy atom. The molecule has 5 aromatic rings. The van der Waals surface area contributed by atoms with Crippen molar-refractivity contribution in [3.63, 3.8) is 0 Å². The number of pyridine rings is 1. The molecule has 3 aromatic carbocycles. The monoisotopic (exact) mass is 448 g/mol. The third kappa shape index (κ3) is 4.50. The van der Waals surface area contributed by atoms with Crippen molar-refractivity contribution in [3.05, 3.63) is 90.6 Å². The number of hydrogen-bond acceptors (Lipinski definition) is 4. The summed E-state index contributed by atoms with van der Waals surface area (Å²) in [6, 6.07) is 26.2. The predicted molar refractivity (Wildman–Crippen MR) is 139 cm³/mol. The van der Waals surface area contributed by atoms with Crippen molar-refractivity contribution in [2.75, 3.05) is 5.73 Å². The van der Waals surface area contributed by atoms with Gasteiger partial charge in [0, 0.05) is 17.3 Å². The van der Waals surface area contributed by atoms with Crippen molar-refractivity contribution >= 4 is 16.7 Å². The van der Waals surface area contributed by atoms with Crippen LogP contribution in [0.5, 0.6) is 11.5 Å². The van der Waals surface area contributed by atoms with E-state index in [2.05, 4.69) is 55.2 Å². The molecule has 0 spiro atoms. The summed E-state index contributed by atoms with van der Waals surface area (Å²) in [6.07, 6.45) is 2.87. The molecule has 0 bridgehead atoms. The summed E-state index contributed by atoms with van der Waals surface area (Å²) in [5.74, 6) is 2.03. The van der Waals surface area contributed by atoms with Gasteiger partial charge in [-0.25, -0.2) is 0 Å². The molecule has 0 fully saturated rings. The molecule has 2 heterocycles. The van der Waals surface area contributed by atoms with Crippen molar-refractivity contribution in [1.82, 2.24) is 15.2 Å². The molecule has 0 atom stereocenters. The summed E-state index contributed by atoms with van der Waals surface area (Å²) < 4.78 is 5.93. The first kappa shape index (κ1) is 21.7. The number of anilines is 1. The number of aromatic nitrogens is 3. The average molecular weight is 449 g/mol. The first-order valence-electron chi connectivity index (χ1n) is 11.4. The topological polar surface area (TPSA) is 76.8 Å². The van der Waals surface area contributed by atoms with Gasteiger partial charge in [0.1, 0.15) is 11.5 Å². The number of nitrogens with one attached hydrogen (secondary N) is 1. The third-order valence-electron chi connectivity index (χ3n) is 5.70. The van der Waals surface area contributed by atoms with Gasteiger partial charge in [-0.2, -0.15) is 5.10 Å². The van der Waals surface area contributed by atoms with Gasteiger partial charge in [-0.3, -0.25) is 10.1 Å². The zero-order chi connectivity index (χ0) is 23.7. The number of nitrogens with zero attached hydrogens (tertiary/aromatic N) is 2. The summed E-state index contributed by atoms with van der Waals surface area (Å²) in [6.45, 7) is 6.74. The molecule has 3 N–H and O–H groups in total. The van der Waals surface area contributed by atoms with Crippen LogP contribution < -0.4 is 10.5 Å². The van der Waals surface area contributed by atoms with Gasteiger partial charge in [-0.05, 0) is 53.3 Å². The molecule has 5 rings (SSSR count). The van der Waals surface area contributed by atoms with Gasteiger partial charge in [0.15, 0.2) is 5.82 Å². The summed E-state index contributed by atoms with van der Waals surface area (Å²) in [5.41, 5.74) is 12.5. The Balaban J connectivity index is 1.51. The van der Waals surface area contributed by atoms with E-state index in [4.69, 9.17) is 15.5 Å². The van der Waals surface area contributed by atoms with Crippen molar-refractivity contribution in [2.45, 2.75) is 27.2 Å². The molecule has 170 valence electrons. The minimum atomic E-state index is 0.208. The van der Waals surface area contributed by atoms with E-state index in [0.29, 0.717) is 5.82 Å². The highest BCUT2D eigenvalue weighted by Crippen LogP contribution is 2.37. The maximum Gasteiger partial charge on any atom is 0.153 e. The molecule has 0 aliphatic rings. The van der Waals surface area contributed by atoms with Crippen LogP contribution in [0.3, 0.4) is 0 Å². The van der Waals surface area contributed by atoms with Crippen LogP contribution in [0.25, 0.3) is 33.3 Å². The molecule has 0 radical (unpaired) electrons. The number of benzene rings is 3. The van der Waals surface area contributed by atoms with E-state index in [1.807, 2.05) is 60.8 Å². The SMILES string of the molecule is CC(C)(C)Cc1cccc(-c2ncc(-c3ccc(Oc4ccccc4)cc3)c3c(N)n[nH]c23)c1. The number of hydrogen-bond donors (Lipinski definition) is 2. The Hall–Kier alpha value is -4.12. The van der Waals surface area contributed by atoms with Crippen LogP contribution in [-0.4, -0.2) is 15.2 Å². The minimum Gasteiger partial charge on any atom is -0.457 e. The van der Waals surface area contributed by atoms with Crippen molar-refractivity contribution < 1.29 is 4.74 Å². The maximum absolute atomic E-state index is 6.31. The maximum atomic E-state index is 6.31. The van der Waals surface area contributed by atoms with E-state index in [1.54, 1.807) is 0 Å². The molecule has 0 unspecified atom stereocenters. The van der Waals surface area contributed by atoms with E-state index < -0.39 is 0 Å². The van der Waals surface area contributed by atoms with E-state index in [0.717, 1.165) is 51.2 Å². The number of ether oxygens (including phenoxy) is 1. The van der Waals surface area contributed by atoms with Gasteiger partial charge in [0.2, 0.25) is 0 Å². The van der Waals surface area contributed by atoms with Crippen molar-refractivity contribution in [2.24, 2.45) is 5.41 Å². The van der Waals surface area contributed by atoms with Crippen molar-refractivity contribution in [3.8, 4) is 33.9 Å². The number of nitrogens with two attached hydrogens (primary N) is 1. The van der Waals surface area contributed by atoms with Crippen LogP contribution in [0, 0.1) is 5.41 Å². The molecule has 0 saturated carbocycles. The Morgan fingerprint density at radius 2 is 1.59 bits per heavy atom. The van der Waals surface area contributed by atoms with Gasteiger partial charge >= 0.3 is 0 Å². The number of aromatic amines is 1. The quantitative estimate of drug-likeness (QED) is 0.297. The highest BCUT2D eigenvalue weighted by Gasteiger charge is 2.17. The van der Waals surface area contributed by atoms with Crippen molar-refractivity contribution in [1.29, 1.82) is 0 Å². The van der Waals surface area contributed by atoms with Gasteiger partial charge in [0.25, 0.3) is 0 Å². The Morgan fingerprint density at radius 3 is 2.32 bits per heavy atom. The number of rotatable bonds is 5. The van der Waals surface area contributed by atoms with Crippen LogP contribution in [-0.2, 0) is 6.42 Å². The highest BCUT2D eigenvalue weighted by molar-refractivity contribution is 6.06. The molecule has 0 aliphatic carbocycles. The Labute approximate surface area is 199 Å². The molecular formula is C29H28N4O. The molecule has 5 nitrogen and oxygen atoms in total. The molecule has 34 heavy (non-hydrogen) atoms. The zero-order valence-corrected chi connectivity index (χ0v) is 19.7. The predicted octanol–water partition coefficient (Wildman–Crippen LogP) is 7.26. The first-order valence-corrected chi connectivity index (χ1v) is 11.4. The number of para-hydroxylation sites is 1. The van der Waals surface area contributed by atoms with E-state index >= 15 is 0 Å². The Bertz CT molecular complexity index is 1430. The average Bonchev–Trinajstić information content (AvgIpc) is 3.21. The second-order valence-electron chi connectivity index (χ2n) is 9.76. The van der Waals surface area contributed by atoms with Crippen LogP contribution in [0.15, 0.2) is 85.1 Å². The first-order chi connectivity index (χ1) is 16.4. The Kier molecular flexibility index (Phi) is 5.54. The second kappa shape index (κ2) is 8.67. The van der Waals surface area contributed by atoms with Crippen LogP contribution >= 0.6 is 0 Å². The lowest BCUT2D eigenvalue weighted by molar-refractivity contribution is 0.411. The van der Waals surface area contributed by atoms with E-state index in [9.17, 15) is 0 Å². The van der Waals surface area contributed by atoms with E-state index in [-0.39, 0.29) is 5.41 Å².